The average Bonchev–Trinajstić information content (AvgIpc) is 3.24. The lowest BCUT2D eigenvalue weighted by Gasteiger charge is -2.08. The number of benzene rings is 1. The van der Waals surface area contributed by atoms with Crippen LogP contribution in [0.4, 0.5) is 0 Å². The third-order valence-corrected chi connectivity index (χ3v) is 7.30. The fraction of sp³-hybridized carbons (Fsp3) is 0.719. The minimum Gasteiger partial charge on any atom is -0.234 e. The van der Waals surface area contributed by atoms with Gasteiger partial charge in [-0.15, -0.1) is 0 Å². The topological polar surface area (TPSA) is 8.81 Å². The van der Waals surface area contributed by atoms with Gasteiger partial charge in [-0.3, -0.25) is 0 Å². The van der Waals surface area contributed by atoms with Crippen molar-refractivity contribution in [1.82, 2.24) is 4.57 Å². The van der Waals surface area contributed by atoms with Crippen molar-refractivity contribution in [3.63, 3.8) is 0 Å². The number of hydrogen-bond acceptors (Lipinski definition) is 0. The molecular formula is C32H55N2+. The Morgan fingerprint density at radius 3 is 1.59 bits per heavy atom. The summed E-state index contributed by atoms with van der Waals surface area (Å²) in [5.74, 6) is 1.44. The van der Waals surface area contributed by atoms with E-state index in [0.29, 0.717) is 6.04 Å². The lowest BCUT2D eigenvalue weighted by molar-refractivity contribution is -0.704. The standard InChI is InChI=1S/C32H55N2/c1-4-5-6-7-8-9-10-11-12-13-14-15-16-17-18-19-23-26-33-27-28-34(30(2)3)32(33)29-31-24-21-20-22-25-31/h20-22,24-25,27-28,30H,4-19,23,26,29H2,1-3H3/q+1. The maximum atomic E-state index is 2.50. The zero-order chi connectivity index (χ0) is 24.3. The fourth-order valence-corrected chi connectivity index (χ4v) is 5.12. The van der Waals surface area contributed by atoms with Crippen molar-refractivity contribution in [2.24, 2.45) is 0 Å². The third-order valence-electron chi connectivity index (χ3n) is 7.30. The van der Waals surface area contributed by atoms with Crippen molar-refractivity contribution >= 4 is 0 Å². The second-order valence-electron chi connectivity index (χ2n) is 10.7. The van der Waals surface area contributed by atoms with Gasteiger partial charge in [0.2, 0.25) is 0 Å². The summed E-state index contributed by atoms with van der Waals surface area (Å²) in [7, 11) is 0. The largest absolute Gasteiger partial charge is 0.261 e. The van der Waals surface area contributed by atoms with Crippen molar-refractivity contribution in [3.05, 3.63) is 54.1 Å². The van der Waals surface area contributed by atoms with E-state index in [1.54, 1.807) is 0 Å². The smallest absolute Gasteiger partial charge is 0.234 e. The van der Waals surface area contributed by atoms with Gasteiger partial charge in [0.25, 0.3) is 5.82 Å². The van der Waals surface area contributed by atoms with E-state index in [2.05, 4.69) is 72.6 Å². The van der Waals surface area contributed by atoms with Crippen LogP contribution < -0.4 is 4.57 Å². The van der Waals surface area contributed by atoms with E-state index in [1.165, 1.54) is 121 Å². The minimum absolute atomic E-state index is 0.510. The van der Waals surface area contributed by atoms with Gasteiger partial charge in [-0.05, 0) is 32.3 Å². The molecule has 0 atom stereocenters. The Bertz CT molecular complexity index is 716. The fourth-order valence-electron chi connectivity index (χ4n) is 5.12. The summed E-state index contributed by atoms with van der Waals surface area (Å²) in [5.41, 5.74) is 1.40. The molecule has 2 rings (SSSR count). The SMILES string of the molecule is CCCCCCCCCCCCCCCCCCC[n+]1ccn(C(C)C)c1Cc1ccccc1. The molecule has 1 aromatic carbocycles. The van der Waals surface area contributed by atoms with Gasteiger partial charge < -0.3 is 0 Å². The second kappa shape index (κ2) is 18.7. The van der Waals surface area contributed by atoms with Crippen LogP contribution in [0.1, 0.15) is 147 Å². The summed E-state index contributed by atoms with van der Waals surface area (Å²) in [6, 6.07) is 11.4. The average molecular weight is 468 g/mol. The van der Waals surface area contributed by atoms with Gasteiger partial charge in [0.05, 0.1) is 19.0 Å². The van der Waals surface area contributed by atoms with Gasteiger partial charge in [-0.1, -0.05) is 134 Å². The van der Waals surface area contributed by atoms with Crippen LogP contribution in [-0.2, 0) is 13.0 Å². The Morgan fingerprint density at radius 1 is 0.647 bits per heavy atom. The molecule has 1 heterocycles. The van der Waals surface area contributed by atoms with Crippen molar-refractivity contribution < 1.29 is 4.57 Å². The molecule has 0 radical (unpaired) electrons. The number of imidazole rings is 1. The molecule has 0 fully saturated rings. The number of aryl methyl sites for hydroxylation is 1. The molecule has 0 aliphatic carbocycles. The first-order chi connectivity index (χ1) is 16.7. The molecule has 0 bridgehead atoms. The molecule has 2 aromatic rings. The van der Waals surface area contributed by atoms with E-state index in [9.17, 15) is 0 Å². The number of rotatable bonds is 21. The lowest BCUT2D eigenvalue weighted by atomic mass is 10.0. The highest BCUT2D eigenvalue weighted by Crippen LogP contribution is 2.15. The summed E-state index contributed by atoms with van der Waals surface area (Å²) in [6.45, 7) is 8.03. The maximum Gasteiger partial charge on any atom is 0.261 e. The number of nitrogens with zero attached hydrogens (tertiary/aromatic N) is 2. The van der Waals surface area contributed by atoms with E-state index >= 15 is 0 Å². The van der Waals surface area contributed by atoms with Crippen LogP contribution in [0.25, 0.3) is 0 Å². The van der Waals surface area contributed by atoms with Crippen LogP contribution >= 0.6 is 0 Å². The lowest BCUT2D eigenvalue weighted by Crippen LogP contribution is -2.37. The van der Waals surface area contributed by atoms with E-state index < -0.39 is 0 Å². The van der Waals surface area contributed by atoms with Crippen LogP contribution in [0, 0.1) is 0 Å². The molecule has 34 heavy (non-hydrogen) atoms. The summed E-state index contributed by atoms with van der Waals surface area (Å²) < 4.78 is 4.94. The first-order valence-corrected chi connectivity index (χ1v) is 14.9. The quantitative estimate of drug-likeness (QED) is 0.128. The molecule has 0 aliphatic heterocycles. The zero-order valence-electron chi connectivity index (χ0n) is 22.9. The molecule has 0 saturated carbocycles. The monoisotopic (exact) mass is 467 g/mol. The molecule has 192 valence electrons. The van der Waals surface area contributed by atoms with Crippen molar-refractivity contribution in [1.29, 1.82) is 0 Å². The first kappa shape index (κ1) is 28.7. The molecule has 2 heteroatoms. The van der Waals surface area contributed by atoms with Gasteiger partial charge >= 0.3 is 0 Å². The van der Waals surface area contributed by atoms with E-state index in [1.807, 2.05) is 0 Å². The van der Waals surface area contributed by atoms with Crippen LogP contribution in [0.3, 0.4) is 0 Å². The molecule has 2 nitrogen and oxygen atoms in total. The van der Waals surface area contributed by atoms with Crippen molar-refractivity contribution in [2.75, 3.05) is 0 Å². The van der Waals surface area contributed by atoms with Gasteiger partial charge in [0, 0.05) is 0 Å². The normalized spacial score (nSPS) is 11.5. The molecule has 0 spiro atoms. The summed E-state index contributed by atoms with van der Waals surface area (Å²) in [6.07, 6.45) is 29.9. The van der Waals surface area contributed by atoms with E-state index in [4.69, 9.17) is 0 Å². The van der Waals surface area contributed by atoms with Gasteiger partial charge in [0.15, 0.2) is 0 Å². The summed E-state index contributed by atoms with van der Waals surface area (Å²) in [5, 5.41) is 0. The second-order valence-corrected chi connectivity index (χ2v) is 10.7. The molecular weight excluding hydrogens is 412 g/mol. The Balaban J connectivity index is 1.48. The zero-order valence-corrected chi connectivity index (χ0v) is 22.9. The predicted octanol–water partition coefficient (Wildman–Crippen LogP) is 9.60. The highest BCUT2D eigenvalue weighted by atomic mass is 15.2. The maximum absolute atomic E-state index is 2.50. The van der Waals surface area contributed by atoms with Gasteiger partial charge in [-0.25, -0.2) is 9.13 Å². The number of unbranched alkanes of at least 4 members (excludes halogenated alkanes) is 16. The number of aromatic nitrogens is 2. The predicted molar refractivity (Wildman–Crippen MR) is 148 cm³/mol. The molecule has 1 aromatic heterocycles. The Labute approximate surface area is 212 Å². The van der Waals surface area contributed by atoms with E-state index in [-0.39, 0.29) is 0 Å². The third kappa shape index (κ3) is 12.2. The molecule has 0 N–H and O–H groups in total. The first-order valence-electron chi connectivity index (χ1n) is 14.9. The molecule has 0 amide bonds. The Morgan fingerprint density at radius 2 is 1.12 bits per heavy atom. The highest BCUT2D eigenvalue weighted by Gasteiger charge is 2.19. The van der Waals surface area contributed by atoms with Gasteiger partial charge in [-0.2, -0.15) is 0 Å². The van der Waals surface area contributed by atoms with Crippen molar-refractivity contribution in [3.8, 4) is 0 Å². The van der Waals surface area contributed by atoms with Crippen LogP contribution in [0.2, 0.25) is 0 Å². The number of hydrogen-bond donors (Lipinski definition) is 0. The van der Waals surface area contributed by atoms with Crippen LogP contribution in [0.15, 0.2) is 42.7 Å². The highest BCUT2D eigenvalue weighted by molar-refractivity contribution is 5.18. The molecule has 0 aliphatic rings. The van der Waals surface area contributed by atoms with Gasteiger partial charge in [0.1, 0.15) is 12.4 Å². The molecule has 0 unspecified atom stereocenters. The van der Waals surface area contributed by atoms with Crippen molar-refractivity contribution in [2.45, 2.75) is 149 Å². The Hall–Kier alpha value is -1.57. The summed E-state index contributed by atoms with van der Waals surface area (Å²) in [4.78, 5) is 0. The Kier molecular flexibility index (Phi) is 15.8. The van der Waals surface area contributed by atoms with Crippen LogP contribution in [0.5, 0.6) is 0 Å². The van der Waals surface area contributed by atoms with E-state index in [0.717, 1.165) is 13.0 Å². The summed E-state index contributed by atoms with van der Waals surface area (Å²) >= 11 is 0. The molecule has 0 saturated heterocycles. The van der Waals surface area contributed by atoms with Crippen LogP contribution in [-0.4, -0.2) is 4.57 Å². The minimum atomic E-state index is 0.510.